The van der Waals surface area contributed by atoms with Crippen molar-refractivity contribution in [2.45, 2.75) is 53.4 Å². The standard InChI is InChI=1S/C13H15N3O2S.2C2H6/c1-3-18-13(17)12-10(8-4-5-8)11(15-19-12)9-6-14-16(2)7-9;2*1-2/h6-8H,3-5H2,1-2H3;2*1-2H3. The normalized spacial score (nSPS) is 12.6. The van der Waals surface area contributed by atoms with E-state index in [1.54, 1.807) is 10.9 Å². The highest BCUT2D eigenvalue weighted by atomic mass is 32.1. The van der Waals surface area contributed by atoms with Crippen molar-refractivity contribution in [3.05, 3.63) is 22.8 Å². The number of hydrogen-bond acceptors (Lipinski definition) is 5. The first kappa shape index (κ1) is 19.4. The molecule has 0 saturated heterocycles. The van der Waals surface area contributed by atoms with Gasteiger partial charge in [0, 0.05) is 24.4 Å². The molecule has 0 N–H and O–H groups in total. The third kappa shape index (κ3) is 4.64. The van der Waals surface area contributed by atoms with E-state index in [1.165, 1.54) is 11.5 Å². The van der Waals surface area contributed by atoms with E-state index in [0.717, 1.165) is 29.7 Å². The second-order valence-electron chi connectivity index (χ2n) is 4.67. The van der Waals surface area contributed by atoms with Crippen LogP contribution in [-0.2, 0) is 11.8 Å². The Kier molecular flexibility index (Phi) is 7.95. The van der Waals surface area contributed by atoms with Crippen LogP contribution in [-0.4, -0.2) is 26.7 Å². The minimum atomic E-state index is -0.253. The maximum atomic E-state index is 12.0. The number of carbonyl (C=O) groups is 1. The van der Waals surface area contributed by atoms with E-state index in [0.29, 0.717) is 17.4 Å². The zero-order valence-electron chi connectivity index (χ0n) is 14.9. The van der Waals surface area contributed by atoms with Crippen molar-refractivity contribution in [3.8, 4) is 11.3 Å². The van der Waals surface area contributed by atoms with E-state index in [1.807, 2.05) is 47.9 Å². The Labute approximate surface area is 142 Å². The Bertz CT molecular complexity index is 615. The molecule has 2 aromatic heterocycles. The summed E-state index contributed by atoms with van der Waals surface area (Å²) >= 11 is 1.24. The summed E-state index contributed by atoms with van der Waals surface area (Å²) in [6.07, 6.45) is 5.96. The van der Waals surface area contributed by atoms with Gasteiger partial charge in [-0.25, -0.2) is 4.79 Å². The van der Waals surface area contributed by atoms with E-state index >= 15 is 0 Å². The Morgan fingerprint density at radius 3 is 2.48 bits per heavy atom. The second kappa shape index (κ2) is 9.45. The largest absolute Gasteiger partial charge is 0.462 e. The summed E-state index contributed by atoms with van der Waals surface area (Å²) in [5.74, 6) is 0.199. The highest BCUT2D eigenvalue weighted by molar-refractivity contribution is 7.08. The lowest BCUT2D eigenvalue weighted by molar-refractivity contribution is 0.0531. The molecule has 0 aliphatic heterocycles. The molecule has 0 radical (unpaired) electrons. The van der Waals surface area contributed by atoms with Crippen molar-refractivity contribution in [1.29, 1.82) is 0 Å². The summed E-state index contributed by atoms with van der Waals surface area (Å²) < 4.78 is 11.3. The number of aryl methyl sites for hydroxylation is 1. The molecule has 6 heteroatoms. The molecule has 1 aliphatic carbocycles. The summed E-state index contributed by atoms with van der Waals surface area (Å²) in [5, 5.41) is 4.17. The van der Waals surface area contributed by atoms with Gasteiger partial charge in [-0.1, -0.05) is 27.7 Å². The zero-order chi connectivity index (χ0) is 17.4. The van der Waals surface area contributed by atoms with Crippen molar-refractivity contribution in [1.82, 2.24) is 14.2 Å². The number of esters is 1. The number of ether oxygens (including phenoxy) is 1. The Hall–Kier alpha value is -1.69. The molecule has 0 spiro atoms. The van der Waals surface area contributed by atoms with Crippen LogP contribution >= 0.6 is 11.5 Å². The molecule has 0 atom stereocenters. The fraction of sp³-hybridized carbons (Fsp3) is 0.588. The van der Waals surface area contributed by atoms with E-state index in [4.69, 9.17) is 4.74 Å². The summed E-state index contributed by atoms with van der Waals surface area (Å²) in [6, 6.07) is 0. The summed E-state index contributed by atoms with van der Waals surface area (Å²) in [7, 11) is 1.87. The van der Waals surface area contributed by atoms with Crippen molar-refractivity contribution in [2.75, 3.05) is 6.61 Å². The van der Waals surface area contributed by atoms with Gasteiger partial charge in [0.1, 0.15) is 4.88 Å². The molecular weight excluding hydrogens is 310 g/mol. The average molecular weight is 337 g/mol. The van der Waals surface area contributed by atoms with Crippen molar-refractivity contribution < 1.29 is 9.53 Å². The lowest BCUT2D eigenvalue weighted by Crippen LogP contribution is -2.05. The number of carbonyl (C=O) groups excluding carboxylic acids is 1. The number of rotatable bonds is 4. The molecule has 128 valence electrons. The van der Waals surface area contributed by atoms with Gasteiger partial charge in [0.15, 0.2) is 0 Å². The molecule has 3 rings (SSSR count). The van der Waals surface area contributed by atoms with Crippen molar-refractivity contribution in [2.24, 2.45) is 7.05 Å². The number of nitrogens with zero attached hydrogens (tertiary/aromatic N) is 3. The van der Waals surface area contributed by atoms with Gasteiger partial charge >= 0.3 is 5.97 Å². The first-order chi connectivity index (χ1) is 11.2. The summed E-state index contributed by atoms with van der Waals surface area (Å²) in [6.45, 7) is 10.2. The maximum absolute atomic E-state index is 12.0. The third-order valence-electron chi connectivity index (χ3n) is 3.15. The van der Waals surface area contributed by atoms with Gasteiger partial charge in [-0.2, -0.15) is 9.47 Å². The van der Waals surface area contributed by atoms with E-state index < -0.39 is 0 Å². The molecule has 1 fully saturated rings. The van der Waals surface area contributed by atoms with Gasteiger partial charge in [0.25, 0.3) is 0 Å². The van der Waals surface area contributed by atoms with Crippen LogP contribution in [0, 0.1) is 0 Å². The van der Waals surface area contributed by atoms with E-state index in [-0.39, 0.29) is 5.97 Å². The molecule has 0 amide bonds. The van der Waals surface area contributed by atoms with Crippen LogP contribution in [0.25, 0.3) is 11.3 Å². The van der Waals surface area contributed by atoms with Gasteiger partial charge in [0.2, 0.25) is 0 Å². The molecule has 2 aromatic rings. The molecule has 2 heterocycles. The van der Waals surface area contributed by atoms with Crippen molar-refractivity contribution >= 4 is 17.5 Å². The van der Waals surface area contributed by atoms with Gasteiger partial charge < -0.3 is 4.74 Å². The molecule has 1 aliphatic rings. The zero-order valence-corrected chi connectivity index (χ0v) is 15.7. The molecule has 0 bridgehead atoms. The van der Waals surface area contributed by atoms with Gasteiger partial charge in [0.05, 0.1) is 18.5 Å². The monoisotopic (exact) mass is 337 g/mol. The maximum Gasteiger partial charge on any atom is 0.350 e. The SMILES string of the molecule is CC.CC.CCOC(=O)c1snc(-c2cnn(C)c2)c1C1CC1. The molecule has 0 unspecified atom stereocenters. The van der Waals surface area contributed by atoms with E-state index in [9.17, 15) is 4.79 Å². The van der Waals surface area contributed by atoms with Gasteiger partial charge in [-0.05, 0) is 37.2 Å². The molecular formula is C17H27N3O2S. The predicted molar refractivity (Wildman–Crippen MR) is 94.9 cm³/mol. The molecule has 0 aromatic carbocycles. The van der Waals surface area contributed by atoms with E-state index in [2.05, 4.69) is 9.47 Å². The van der Waals surface area contributed by atoms with Gasteiger partial charge in [-0.3, -0.25) is 4.68 Å². The van der Waals surface area contributed by atoms with Crippen LogP contribution in [0.1, 0.15) is 68.6 Å². The predicted octanol–water partition coefficient (Wildman–Crippen LogP) is 4.65. The Morgan fingerprint density at radius 1 is 1.35 bits per heavy atom. The molecule has 23 heavy (non-hydrogen) atoms. The first-order valence-corrected chi connectivity index (χ1v) is 9.13. The van der Waals surface area contributed by atoms with Crippen LogP contribution in [0.15, 0.2) is 12.4 Å². The van der Waals surface area contributed by atoms with Gasteiger partial charge in [-0.15, -0.1) is 0 Å². The fourth-order valence-corrected chi connectivity index (χ4v) is 3.02. The minimum Gasteiger partial charge on any atom is -0.462 e. The Morgan fingerprint density at radius 2 is 2.00 bits per heavy atom. The second-order valence-corrected chi connectivity index (χ2v) is 5.44. The number of aromatic nitrogens is 3. The van der Waals surface area contributed by atoms with Crippen LogP contribution in [0.3, 0.4) is 0 Å². The lowest BCUT2D eigenvalue weighted by atomic mass is 10.1. The van der Waals surface area contributed by atoms with Crippen LogP contribution in [0.4, 0.5) is 0 Å². The summed E-state index contributed by atoms with van der Waals surface area (Å²) in [4.78, 5) is 12.6. The number of hydrogen-bond donors (Lipinski definition) is 0. The Balaban J connectivity index is 0.000000615. The first-order valence-electron chi connectivity index (χ1n) is 8.36. The highest BCUT2D eigenvalue weighted by Crippen LogP contribution is 2.47. The van der Waals surface area contributed by atoms with Crippen molar-refractivity contribution in [3.63, 3.8) is 0 Å². The molecule has 1 saturated carbocycles. The lowest BCUT2D eigenvalue weighted by Gasteiger charge is -2.03. The average Bonchev–Trinajstić information content (AvgIpc) is 3.17. The minimum absolute atomic E-state index is 0.253. The highest BCUT2D eigenvalue weighted by Gasteiger charge is 2.34. The van der Waals surface area contributed by atoms with Crippen LogP contribution in [0.2, 0.25) is 0 Å². The van der Waals surface area contributed by atoms with Crippen LogP contribution < -0.4 is 0 Å². The summed E-state index contributed by atoms with van der Waals surface area (Å²) in [5.41, 5.74) is 2.91. The third-order valence-corrected chi connectivity index (χ3v) is 4.00. The quantitative estimate of drug-likeness (QED) is 0.762. The smallest absolute Gasteiger partial charge is 0.350 e. The topological polar surface area (TPSA) is 57.0 Å². The molecule has 5 nitrogen and oxygen atoms in total. The van der Waals surface area contributed by atoms with Crippen LogP contribution in [0.5, 0.6) is 0 Å². The fourth-order valence-electron chi connectivity index (χ4n) is 2.14.